The fourth-order valence-corrected chi connectivity index (χ4v) is 3.98. The van der Waals surface area contributed by atoms with Crippen LogP contribution in [0.25, 0.3) is 0 Å². The van der Waals surface area contributed by atoms with E-state index in [0.717, 1.165) is 37.4 Å². The average molecular weight is 462 g/mol. The van der Waals surface area contributed by atoms with Crippen molar-refractivity contribution in [1.29, 1.82) is 0 Å². The highest BCUT2D eigenvalue weighted by atomic mass is 19.4. The van der Waals surface area contributed by atoms with Gasteiger partial charge in [0.05, 0.1) is 11.4 Å². The Hall–Kier alpha value is -3.23. The molecular weight excluding hydrogens is 431 g/mol. The fraction of sp³-hybridized carbons (Fsp3) is 0.417. The van der Waals surface area contributed by atoms with Gasteiger partial charge >= 0.3 is 6.18 Å². The minimum Gasteiger partial charge on any atom is -0.403 e. The topological polar surface area (TPSA) is 82.8 Å². The molecule has 9 heteroatoms. The maximum Gasteiger partial charge on any atom is 0.435 e. The van der Waals surface area contributed by atoms with Gasteiger partial charge in [0.25, 0.3) is 0 Å². The zero-order valence-corrected chi connectivity index (χ0v) is 18.7. The molecule has 0 radical (unpaired) electrons. The number of hydrogen-bond donors (Lipinski definition) is 3. The quantitative estimate of drug-likeness (QED) is 0.525. The maximum absolute atomic E-state index is 13.7. The van der Waals surface area contributed by atoms with Crippen LogP contribution in [-0.4, -0.2) is 36.3 Å². The molecule has 0 saturated heterocycles. The first kappa shape index (κ1) is 24.4. The van der Waals surface area contributed by atoms with Gasteiger partial charge in [0.1, 0.15) is 0 Å². The van der Waals surface area contributed by atoms with Crippen molar-refractivity contribution in [1.82, 2.24) is 10.2 Å². The van der Waals surface area contributed by atoms with E-state index in [9.17, 15) is 18.0 Å². The van der Waals surface area contributed by atoms with Gasteiger partial charge in [0.15, 0.2) is 5.71 Å². The van der Waals surface area contributed by atoms with Crippen LogP contribution in [0.15, 0.2) is 65.2 Å². The van der Waals surface area contributed by atoms with Gasteiger partial charge in [-0.15, -0.1) is 0 Å². The Labute approximate surface area is 192 Å². The highest BCUT2D eigenvalue weighted by Gasteiger charge is 2.38. The summed E-state index contributed by atoms with van der Waals surface area (Å²) >= 11 is 0. The van der Waals surface area contributed by atoms with Crippen molar-refractivity contribution in [2.24, 2.45) is 16.6 Å². The van der Waals surface area contributed by atoms with Gasteiger partial charge in [-0.25, -0.2) is 4.99 Å². The van der Waals surface area contributed by atoms with Crippen LogP contribution in [0, 0.1) is 5.92 Å². The second kappa shape index (κ2) is 11.1. The lowest BCUT2D eigenvalue weighted by Crippen LogP contribution is -2.33. The molecule has 4 N–H and O–H groups in total. The number of carbonyl (C=O) groups is 1. The first-order chi connectivity index (χ1) is 15.8. The number of amides is 1. The molecule has 1 aliphatic carbocycles. The van der Waals surface area contributed by atoms with Crippen LogP contribution in [-0.2, 0) is 11.3 Å². The number of dihydropyridines is 1. The van der Waals surface area contributed by atoms with E-state index in [1.807, 2.05) is 0 Å². The normalized spacial score (nSPS) is 17.9. The predicted octanol–water partition coefficient (Wildman–Crippen LogP) is 4.44. The van der Waals surface area contributed by atoms with Crippen molar-refractivity contribution in [2.45, 2.75) is 44.8 Å². The molecule has 0 bridgehead atoms. The highest BCUT2D eigenvalue weighted by Crippen LogP contribution is 2.27. The smallest absolute Gasteiger partial charge is 0.403 e. The first-order valence-corrected chi connectivity index (χ1v) is 11.1. The van der Waals surface area contributed by atoms with Crippen LogP contribution in [0.1, 0.15) is 37.7 Å². The Balaban J connectivity index is 1.68. The number of anilines is 1. The van der Waals surface area contributed by atoms with E-state index in [4.69, 9.17) is 5.73 Å². The zero-order valence-electron chi connectivity index (χ0n) is 18.7. The first-order valence-electron chi connectivity index (χ1n) is 11.1. The molecule has 0 aromatic heterocycles. The number of benzene rings is 1. The molecule has 6 nitrogen and oxygen atoms in total. The fourth-order valence-electron chi connectivity index (χ4n) is 3.98. The number of rotatable bonds is 7. The molecule has 0 atom stereocenters. The van der Waals surface area contributed by atoms with Gasteiger partial charge in [0, 0.05) is 44.1 Å². The molecule has 1 fully saturated rings. The minimum absolute atomic E-state index is 0.0892. The lowest BCUT2D eigenvalue weighted by Gasteiger charge is -2.26. The van der Waals surface area contributed by atoms with Crippen LogP contribution >= 0.6 is 0 Å². The van der Waals surface area contributed by atoms with Crippen LogP contribution in [0.5, 0.6) is 0 Å². The van der Waals surface area contributed by atoms with Crippen molar-refractivity contribution in [2.75, 3.05) is 18.9 Å². The number of hydrogen-bond acceptors (Lipinski definition) is 5. The number of aliphatic imine (C=N–C) groups is 1. The highest BCUT2D eigenvalue weighted by molar-refractivity contribution is 6.06. The van der Waals surface area contributed by atoms with Gasteiger partial charge in [-0.2, -0.15) is 13.2 Å². The number of halogens is 3. The summed E-state index contributed by atoms with van der Waals surface area (Å²) in [6.07, 6.45) is 6.01. The molecule has 178 valence electrons. The van der Waals surface area contributed by atoms with E-state index >= 15 is 0 Å². The molecule has 1 heterocycles. The largest absolute Gasteiger partial charge is 0.435 e. The molecule has 0 spiro atoms. The second-order valence-corrected chi connectivity index (χ2v) is 8.27. The second-order valence-electron chi connectivity index (χ2n) is 8.27. The molecule has 1 aliphatic heterocycles. The SMILES string of the molecule is CN(Cc1ccc(N/C(=C/N)C(=NC2=CNCC=C2)C(F)(F)F)cc1)C(=O)C1CCCCC1. The van der Waals surface area contributed by atoms with Crippen molar-refractivity contribution in [3.05, 3.63) is 65.8 Å². The Kier molecular flexibility index (Phi) is 8.19. The van der Waals surface area contributed by atoms with Crippen LogP contribution in [0.2, 0.25) is 0 Å². The summed E-state index contributed by atoms with van der Waals surface area (Å²) in [6.45, 7) is 0.976. The summed E-state index contributed by atoms with van der Waals surface area (Å²) < 4.78 is 41.0. The maximum atomic E-state index is 13.7. The Bertz CT molecular complexity index is 942. The van der Waals surface area contributed by atoms with Crippen LogP contribution in [0.3, 0.4) is 0 Å². The van der Waals surface area contributed by atoms with Gasteiger partial charge in [-0.1, -0.05) is 37.5 Å². The standard InChI is InChI=1S/C24H30F3N5O/c1-32(23(33)18-6-3-2-4-7-18)16-17-9-11-19(12-10-17)30-21(14-28)22(24(25,26)27)31-20-8-5-13-29-15-20/h5,8-12,14-15,18,29-30H,2-4,6-7,13,16,28H2,1H3/b21-14+,31-22?. The van der Waals surface area contributed by atoms with Gasteiger partial charge in [-0.05, 0) is 36.6 Å². The van der Waals surface area contributed by atoms with E-state index < -0.39 is 11.9 Å². The molecule has 33 heavy (non-hydrogen) atoms. The number of alkyl halides is 3. The van der Waals surface area contributed by atoms with Crippen molar-refractivity contribution >= 4 is 17.3 Å². The molecule has 2 aliphatic rings. The third kappa shape index (κ3) is 6.87. The number of nitrogens with zero attached hydrogens (tertiary/aromatic N) is 2. The van der Waals surface area contributed by atoms with E-state index in [1.54, 1.807) is 42.3 Å². The van der Waals surface area contributed by atoms with E-state index in [0.29, 0.717) is 18.8 Å². The van der Waals surface area contributed by atoms with Crippen LogP contribution < -0.4 is 16.4 Å². The molecule has 3 rings (SSSR count). The Morgan fingerprint density at radius 3 is 2.52 bits per heavy atom. The number of allylic oxidation sites excluding steroid dienone is 2. The lowest BCUT2D eigenvalue weighted by atomic mass is 9.88. The average Bonchev–Trinajstić information content (AvgIpc) is 2.82. The Morgan fingerprint density at radius 2 is 1.94 bits per heavy atom. The molecular formula is C24H30F3N5O. The summed E-state index contributed by atoms with van der Waals surface area (Å²) in [5.74, 6) is 0.239. The minimum atomic E-state index is -4.70. The molecule has 1 aromatic carbocycles. The van der Waals surface area contributed by atoms with Crippen molar-refractivity contribution < 1.29 is 18.0 Å². The third-order valence-electron chi connectivity index (χ3n) is 5.69. The van der Waals surface area contributed by atoms with Crippen molar-refractivity contribution in [3.63, 3.8) is 0 Å². The Morgan fingerprint density at radius 1 is 1.24 bits per heavy atom. The van der Waals surface area contributed by atoms with E-state index in [1.165, 1.54) is 18.7 Å². The summed E-state index contributed by atoms with van der Waals surface area (Å²) in [7, 11) is 1.79. The monoisotopic (exact) mass is 461 g/mol. The lowest BCUT2D eigenvalue weighted by molar-refractivity contribution is -0.135. The van der Waals surface area contributed by atoms with E-state index in [2.05, 4.69) is 15.6 Å². The molecule has 0 unspecified atom stereocenters. The molecule has 1 amide bonds. The molecule has 1 saturated carbocycles. The third-order valence-corrected chi connectivity index (χ3v) is 5.69. The number of carbonyl (C=O) groups excluding carboxylic acids is 1. The van der Waals surface area contributed by atoms with Gasteiger partial charge < -0.3 is 21.3 Å². The zero-order chi connectivity index (χ0) is 23.8. The summed E-state index contributed by atoms with van der Waals surface area (Å²) in [6, 6.07) is 6.88. The van der Waals surface area contributed by atoms with Crippen molar-refractivity contribution in [3.8, 4) is 0 Å². The van der Waals surface area contributed by atoms with E-state index in [-0.39, 0.29) is 23.2 Å². The van der Waals surface area contributed by atoms with Gasteiger partial charge in [-0.3, -0.25) is 4.79 Å². The predicted molar refractivity (Wildman–Crippen MR) is 124 cm³/mol. The summed E-state index contributed by atoms with van der Waals surface area (Å²) in [4.78, 5) is 18.1. The number of nitrogens with one attached hydrogen (secondary N) is 2. The summed E-state index contributed by atoms with van der Waals surface area (Å²) in [5, 5.41) is 5.54. The van der Waals surface area contributed by atoms with Crippen LogP contribution in [0.4, 0.5) is 18.9 Å². The van der Waals surface area contributed by atoms with Gasteiger partial charge in [0.2, 0.25) is 5.91 Å². The number of nitrogens with two attached hydrogens (primary N) is 1. The molecule has 1 aromatic rings. The summed E-state index contributed by atoms with van der Waals surface area (Å²) in [5.41, 5.74) is 5.52.